The van der Waals surface area contributed by atoms with E-state index >= 15 is 0 Å². The van der Waals surface area contributed by atoms with Gasteiger partial charge in [-0.25, -0.2) is 4.79 Å². The smallest absolute Gasteiger partial charge is 0.329 e. The number of aliphatic carboxylic acids is 2. The summed E-state index contributed by atoms with van der Waals surface area (Å²) in [4.78, 5) is 20.5. The van der Waals surface area contributed by atoms with Gasteiger partial charge in [-0.15, -0.1) is 23.5 Å². The Balaban J connectivity index is 0. The topological polar surface area (TPSA) is 74.6 Å². The standard InChI is InChI=1S/C11H22O2S2.C3H6O2/c1-4-6-8-14-11(3,10(12)13)15-9-7-5-2;1-2-3(4)5/h4-9H2,1-3H3,(H,12,13);2H2,1H3,(H,4,5). The minimum Gasteiger partial charge on any atom is -0.481 e. The molecule has 0 spiro atoms. The minimum absolute atomic E-state index is 0.222. The van der Waals surface area contributed by atoms with Crippen LogP contribution in [0.4, 0.5) is 0 Å². The molecular formula is C14H28O4S2. The molecular weight excluding hydrogens is 296 g/mol. The third kappa shape index (κ3) is 12.7. The summed E-state index contributed by atoms with van der Waals surface area (Å²) >= 11 is 3.14. The summed E-state index contributed by atoms with van der Waals surface area (Å²) in [5, 5.41) is 16.9. The summed E-state index contributed by atoms with van der Waals surface area (Å²) < 4.78 is -0.648. The van der Waals surface area contributed by atoms with Crippen LogP contribution in [0, 0.1) is 0 Å². The quantitative estimate of drug-likeness (QED) is 0.460. The van der Waals surface area contributed by atoms with Crippen molar-refractivity contribution in [3.8, 4) is 0 Å². The highest BCUT2D eigenvalue weighted by Crippen LogP contribution is 2.38. The van der Waals surface area contributed by atoms with Gasteiger partial charge >= 0.3 is 11.9 Å². The maximum atomic E-state index is 11.2. The number of carboxylic acid groups (broad SMARTS) is 2. The highest BCUT2D eigenvalue weighted by molar-refractivity contribution is 8.19. The zero-order valence-electron chi connectivity index (χ0n) is 13.0. The predicted molar refractivity (Wildman–Crippen MR) is 88.7 cm³/mol. The van der Waals surface area contributed by atoms with E-state index in [1.807, 2.05) is 6.92 Å². The molecule has 0 heterocycles. The predicted octanol–water partition coefficient (Wildman–Crippen LogP) is 4.33. The molecule has 0 aromatic carbocycles. The SMILES string of the molecule is CCC(=O)O.CCCCSC(C)(SCCCC)C(=O)O. The van der Waals surface area contributed by atoms with Crippen molar-refractivity contribution in [2.24, 2.45) is 0 Å². The molecule has 0 saturated carbocycles. The molecule has 2 N–H and O–H groups in total. The number of rotatable bonds is 10. The molecule has 6 heteroatoms. The monoisotopic (exact) mass is 324 g/mol. The van der Waals surface area contributed by atoms with Gasteiger partial charge in [-0.1, -0.05) is 33.6 Å². The van der Waals surface area contributed by atoms with E-state index in [1.54, 1.807) is 30.4 Å². The van der Waals surface area contributed by atoms with E-state index in [0.717, 1.165) is 37.2 Å². The number of carbonyl (C=O) groups is 2. The average molecular weight is 325 g/mol. The number of carboxylic acids is 2. The van der Waals surface area contributed by atoms with Crippen molar-refractivity contribution in [3.05, 3.63) is 0 Å². The maximum absolute atomic E-state index is 11.2. The Morgan fingerprint density at radius 1 is 0.950 bits per heavy atom. The van der Waals surface area contributed by atoms with E-state index in [2.05, 4.69) is 13.8 Å². The van der Waals surface area contributed by atoms with E-state index in [4.69, 9.17) is 5.11 Å². The summed E-state index contributed by atoms with van der Waals surface area (Å²) in [6.45, 7) is 7.68. The largest absolute Gasteiger partial charge is 0.481 e. The molecule has 0 aliphatic rings. The van der Waals surface area contributed by atoms with E-state index in [1.165, 1.54) is 0 Å². The van der Waals surface area contributed by atoms with Gasteiger partial charge in [-0.3, -0.25) is 4.79 Å². The molecule has 0 rings (SSSR count). The van der Waals surface area contributed by atoms with Crippen LogP contribution >= 0.6 is 23.5 Å². The Kier molecular flexibility index (Phi) is 14.9. The van der Waals surface area contributed by atoms with Crippen molar-refractivity contribution >= 4 is 35.5 Å². The Hall–Kier alpha value is -0.360. The summed E-state index contributed by atoms with van der Waals surface area (Å²) in [6, 6.07) is 0. The summed E-state index contributed by atoms with van der Waals surface area (Å²) in [5.74, 6) is 0.450. The average Bonchev–Trinajstić information content (AvgIpc) is 2.40. The van der Waals surface area contributed by atoms with Crippen LogP contribution in [0.5, 0.6) is 0 Å². The lowest BCUT2D eigenvalue weighted by molar-refractivity contribution is -0.137. The lowest BCUT2D eigenvalue weighted by atomic mass is 10.4. The van der Waals surface area contributed by atoms with Crippen LogP contribution in [0.25, 0.3) is 0 Å². The molecule has 0 fully saturated rings. The van der Waals surface area contributed by atoms with Gasteiger partial charge in [0.05, 0.1) is 0 Å². The fourth-order valence-corrected chi connectivity index (χ4v) is 3.71. The maximum Gasteiger partial charge on any atom is 0.329 e. The van der Waals surface area contributed by atoms with Crippen LogP contribution in [-0.4, -0.2) is 37.7 Å². The molecule has 0 aliphatic heterocycles. The van der Waals surface area contributed by atoms with Gasteiger partial charge in [0.25, 0.3) is 0 Å². The molecule has 0 aromatic rings. The summed E-state index contributed by atoms with van der Waals surface area (Å²) in [7, 11) is 0. The fourth-order valence-electron chi connectivity index (χ4n) is 0.988. The number of unbranched alkanes of at least 4 members (excludes halogenated alkanes) is 2. The second-order valence-corrected chi connectivity index (χ2v) is 7.69. The number of thioether (sulfide) groups is 2. The van der Waals surface area contributed by atoms with Gasteiger partial charge in [-0.2, -0.15) is 0 Å². The molecule has 0 aromatic heterocycles. The number of hydrogen-bond donors (Lipinski definition) is 2. The van der Waals surface area contributed by atoms with Gasteiger partial charge in [0.15, 0.2) is 4.08 Å². The van der Waals surface area contributed by atoms with Crippen LogP contribution in [0.1, 0.15) is 59.8 Å². The molecule has 20 heavy (non-hydrogen) atoms. The Morgan fingerprint density at radius 3 is 1.50 bits per heavy atom. The van der Waals surface area contributed by atoms with Crippen molar-refractivity contribution in [1.29, 1.82) is 0 Å². The van der Waals surface area contributed by atoms with Crippen molar-refractivity contribution in [3.63, 3.8) is 0 Å². The summed E-state index contributed by atoms with van der Waals surface area (Å²) in [6.07, 6.45) is 4.68. The Morgan fingerprint density at radius 2 is 1.30 bits per heavy atom. The van der Waals surface area contributed by atoms with Gasteiger partial charge in [-0.05, 0) is 31.3 Å². The van der Waals surface area contributed by atoms with Crippen LogP contribution in [0.3, 0.4) is 0 Å². The first-order chi connectivity index (χ1) is 9.33. The number of hydrogen-bond acceptors (Lipinski definition) is 4. The van der Waals surface area contributed by atoms with Crippen LogP contribution < -0.4 is 0 Å². The normalized spacial score (nSPS) is 10.6. The van der Waals surface area contributed by atoms with Crippen molar-refractivity contribution in [2.75, 3.05) is 11.5 Å². The molecule has 0 saturated heterocycles. The first-order valence-corrected chi connectivity index (χ1v) is 9.04. The third-order valence-electron chi connectivity index (χ3n) is 2.44. The van der Waals surface area contributed by atoms with E-state index in [9.17, 15) is 14.7 Å². The molecule has 0 unspecified atom stereocenters. The molecule has 0 bridgehead atoms. The van der Waals surface area contributed by atoms with Crippen molar-refractivity contribution < 1.29 is 19.8 Å². The molecule has 0 aliphatic carbocycles. The highest BCUT2D eigenvalue weighted by atomic mass is 32.2. The van der Waals surface area contributed by atoms with Gasteiger partial charge in [0.2, 0.25) is 0 Å². The molecule has 0 amide bonds. The van der Waals surface area contributed by atoms with Gasteiger partial charge in [0.1, 0.15) is 0 Å². The zero-order chi connectivity index (χ0) is 16.0. The van der Waals surface area contributed by atoms with Crippen LogP contribution in [0.15, 0.2) is 0 Å². The van der Waals surface area contributed by atoms with E-state index in [0.29, 0.717) is 0 Å². The van der Waals surface area contributed by atoms with Gasteiger partial charge < -0.3 is 10.2 Å². The summed E-state index contributed by atoms with van der Waals surface area (Å²) in [5.41, 5.74) is 0. The van der Waals surface area contributed by atoms with Crippen molar-refractivity contribution in [1.82, 2.24) is 0 Å². The van der Waals surface area contributed by atoms with Crippen LogP contribution in [0.2, 0.25) is 0 Å². The first kappa shape index (κ1) is 21.9. The first-order valence-electron chi connectivity index (χ1n) is 7.07. The minimum atomic E-state index is -0.745. The molecule has 4 nitrogen and oxygen atoms in total. The molecule has 0 atom stereocenters. The van der Waals surface area contributed by atoms with E-state index in [-0.39, 0.29) is 6.42 Å². The molecule has 0 radical (unpaired) electrons. The fraction of sp³-hybridized carbons (Fsp3) is 0.857. The van der Waals surface area contributed by atoms with Crippen molar-refractivity contribution in [2.45, 2.75) is 63.9 Å². The Bertz CT molecular complexity index is 260. The molecule has 120 valence electrons. The lowest BCUT2D eigenvalue weighted by Crippen LogP contribution is -2.28. The highest BCUT2D eigenvalue weighted by Gasteiger charge is 2.33. The second kappa shape index (κ2) is 13.6. The third-order valence-corrected chi connectivity index (χ3v) is 5.59. The van der Waals surface area contributed by atoms with E-state index < -0.39 is 16.0 Å². The zero-order valence-corrected chi connectivity index (χ0v) is 14.6. The van der Waals surface area contributed by atoms with Gasteiger partial charge in [0, 0.05) is 6.42 Å². The lowest BCUT2D eigenvalue weighted by Gasteiger charge is -2.23. The second-order valence-electron chi connectivity index (χ2n) is 4.40. The van der Waals surface area contributed by atoms with Crippen LogP contribution in [-0.2, 0) is 9.59 Å². The Labute approximate surface area is 131 Å².